The first kappa shape index (κ1) is 23.1. The molecule has 180 valence electrons. The summed E-state index contributed by atoms with van der Waals surface area (Å²) in [6, 6.07) is 11.8. The predicted octanol–water partition coefficient (Wildman–Crippen LogP) is 5.34. The van der Waals surface area contributed by atoms with Crippen molar-refractivity contribution in [3.05, 3.63) is 52.0 Å². The number of aromatic nitrogens is 1. The van der Waals surface area contributed by atoms with Crippen molar-refractivity contribution < 1.29 is 18.9 Å². The number of nitrogens with one attached hydrogen (secondary N) is 1. The van der Waals surface area contributed by atoms with Crippen molar-refractivity contribution in [2.75, 3.05) is 20.3 Å². The molecule has 3 aromatic rings. The van der Waals surface area contributed by atoms with E-state index in [2.05, 4.69) is 6.07 Å². The van der Waals surface area contributed by atoms with E-state index in [1.165, 1.54) is 0 Å². The molecule has 7 nitrogen and oxygen atoms in total. The maximum atomic E-state index is 10.0. The molecule has 1 aromatic heterocycles. The van der Waals surface area contributed by atoms with Gasteiger partial charge in [0.25, 0.3) is 0 Å². The van der Waals surface area contributed by atoms with Gasteiger partial charge in [-0.2, -0.15) is 5.26 Å². The zero-order chi connectivity index (χ0) is 24.7. The van der Waals surface area contributed by atoms with E-state index in [9.17, 15) is 5.26 Å². The Bertz CT molecular complexity index is 1420. The molecule has 0 spiro atoms. The Morgan fingerprint density at radius 1 is 1.09 bits per heavy atom. The molecule has 0 radical (unpaired) electrons. The van der Waals surface area contributed by atoms with E-state index in [-0.39, 0.29) is 17.2 Å². The van der Waals surface area contributed by atoms with Gasteiger partial charge in [-0.25, -0.2) is 0 Å². The monoisotopic (exact) mass is 491 g/mol. The van der Waals surface area contributed by atoms with Crippen molar-refractivity contribution >= 4 is 11.6 Å². The molecule has 8 heteroatoms. The van der Waals surface area contributed by atoms with Crippen molar-refractivity contribution in [3.8, 4) is 51.5 Å². The molecule has 1 N–H and O–H groups in total. The molecule has 0 atom stereocenters. The first-order valence-corrected chi connectivity index (χ1v) is 12.0. The van der Waals surface area contributed by atoms with Crippen LogP contribution in [0.15, 0.2) is 30.3 Å². The van der Waals surface area contributed by atoms with Gasteiger partial charge in [0.1, 0.15) is 17.1 Å². The van der Waals surface area contributed by atoms with Crippen molar-refractivity contribution in [1.29, 1.82) is 10.7 Å². The number of aryl methyl sites for hydroxylation is 1. The summed E-state index contributed by atoms with van der Waals surface area (Å²) in [4.78, 5) is 0. The molecule has 0 aliphatic carbocycles. The van der Waals surface area contributed by atoms with Crippen LogP contribution in [0, 0.1) is 16.7 Å². The van der Waals surface area contributed by atoms with Gasteiger partial charge in [0.05, 0.1) is 37.1 Å². The summed E-state index contributed by atoms with van der Waals surface area (Å²) in [7, 11) is 1.55. The lowest BCUT2D eigenvalue weighted by Gasteiger charge is -2.25. The van der Waals surface area contributed by atoms with Crippen molar-refractivity contribution in [2.24, 2.45) is 0 Å². The van der Waals surface area contributed by atoms with Crippen LogP contribution in [-0.4, -0.2) is 31.0 Å². The highest BCUT2D eigenvalue weighted by molar-refractivity contribution is 6.32. The quantitative estimate of drug-likeness (QED) is 0.532. The van der Waals surface area contributed by atoms with Crippen molar-refractivity contribution in [2.45, 2.75) is 39.3 Å². The maximum Gasteiger partial charge on any atom is 0.180 e. The SMILES string of the molecule is COc1cc(-c2cc3n(c(=N)c2C#N)CCc2cc4c(cc2-3)OCCCO4)cc(Cl)c1OC(C)C. The Kier molecular flexibility index (Phi) is 6.08. The molecule has 2 aromatic carbocycles. The molecule has 5 rings (SSSR count). The number of benzene rings is 2. The fourth-order valence-electron chi connectivity index (χ4n) is 4.62. The second-order valence-corrected chi connectivity index (χ2v) is 9.25. The zero-order valence-electron chi connectivity index (χ0n) is 19.9. The highest BCUT2D eigenvalue weighted by Gasteiger charge is 2.25. The summed E-state index contributed by atoms with van der Waals surface area (Å²) in [5.41, 5.74) is 4.67. The van der Waals surface area contributed by atoms with E-state index in [4.69, 9.17) is 36.0 Å². The van der Waals surface area contributed by atoms with Crippen LogP contribution in [0.1, 0.15) is 31.4 Å². The van der Waals surface area contributed by atoms with Gasteiger partial charge in [-0.05, 0) is 61.7 Å². The number of rotatable bonds is 4. The molecule has 0 bridgehead atoms. The molecule has 35 heavy (non-hydrogen) atoms. The van der Waals surface area contributed by atoms with Gasteiger partial charge in [-0.15, -0.1) is 0 Å². The highest BCUT2D eigenvalue weighted by Crippen LogP contribution is 2.43. The van der Waals surface area contributed by atoms with Crippen LogP contribution in [0.25, 0.3) is 22.4 Å². The van der Waals surface area contributed by atoms with E-state index < -0.39 is 0 Å². The number of methoxy groups -OCH3 is 1. The fraction of sp³-hybridized carbons (Fsp3) is 0.333. The van der Waals surface area contributed by atoms with Gasteiger partial charge in [0.2, 0.25) is 0 Å². The average Bonchev–Trinajstić information content (AvgIpc) is 3.08. The van der Waals surface area contributed by atoms with Crippen LogP contribution in [0.3, 0.4) is 0 Å². The van der Waals surface area contributed by atoms with E-state index in [1.54, 1.807) is 19.2 Å². The first-order valence-electron chi connectivity index (χ1n) is 11.6. The smallest absolute Gasteiger partial charge is 0.180 e. The third-order valence-corrected chi connectivity index (χ3v) is 6.49. The van der Waals surface area contributed by atoms with Crippen LogP contribution in [0.2, 0.25) is 5.02 Å². The van der Waals surface area contributed by atoms with Crippen molar-refractivity contribution in [3.63, 3.8) is 0 Å². The third kappa shape index (κ3) is 4.08. The van der Waals surface area contributed by atoms with Gasteiger partial charge in [-0.1, -0.05) is 11.6 Å². The molecular formula is C27H26ClN3O4. The fourth-order valence-corrected chi connectivity index (χ4v) is 4.88. The Morgan fingerprint density at radius 3 is 2.51 bits per heavy atom. The van der Waals surface area contributed by atoms with Crippen LogP contribution in [0.4, 0.5) is 0 Å². The standard InChI is InChI=1S/C27H26ClN3O4/c1-15(2)35-26-21(28)9-17(11-25(26)32-3)18-12-22-19-13-24-23(33-7-4-8-34-24)10-16(19)5-6-31(22)27(30)20(18)14-29/h9-13,15,30H,4-8H2,1-3H3. The highest BCUT2D eigenvalue weighted by atomic mass is 35.5. The number of halogens is 1. The first-order chi connectivity index (χ1) is 16.9. The number of hydrogen-bond acceptors (Lipinski definition) is 6. The van der Waals surface area contributed by atoms with Gasteiger partial charge in [-0.3, -0.25) is 5.41 Å². The molecule has 0 saturated carbocycles. The number of nitrogens with zero attached hydrogens (tertiary/aromatic N) is 2. The maximum absolute atomic E-state index is 10.0. The Balaban J connectivity index is 1.71. The van der Waals surface area contributed by atoms with Crippen LogP contribution in [-0.2, 0) is 13.0 Å². The summed E-state index contributed by atoms with van der Waals surface area (Å²) in [6.07, 6.45) is 1.48. The number of hydrogen-bond donors (Lipinski definition) is 1. The molecule has 0 saturated heterocycles. The zero-order valence-corrected chi connectivity index (χ0v) is 20.7. The average molecular weight is 492 g/mol. The van der Waals surface area contributed by atoms with E-state index in [0.29, 0.717) is 53.2 Å². The van der Waals surface area contributed by atoms with E-state index in [1.807, 2.05) is 36.6 Å². The largest absolute Gasteiger partial charge is 0.493 e. The normalized spacial score (nSPS) is 13.9. The second kappa shape index (κ2) is 9.20. The van der Waals surface area contributed by atoms with Gasteiger partial charge < -0.3 is 23.5 Å². The minimum Gasteiger partial charge on any atom is -0.493 e. The Hall–Kier alpha value is -3.63. The second-order valence-electron chi connectivity index (χ2n) is 8.84. The number of nitriles is 1. The lowest BCUT2D eigenvalue weighted by atomic mass is 9.92. The minimum atomic E-state index is -0.0836. The summed E-state index contributed by atoms with van der Waals surface area (Å²) in [5, 5.41) is 19.2. The Morgan fingerprint density at radius 2 is 1.83 bits per heavy atom. The van der Waals surface area contributed by atoms with E-state index >= 15 is 0 Å². The van der Waals surface area contributed by atoms with Crippen molar-refractivity contribution in [1.82, 2.24) is 4.57 Å². The predicted molar refractivity (Wildman–Crippen MR) is 133 cm³/mol. The molecule has 2 aliphatic heterocycles. The molecule has 0 fully saturated rings. The van der Waals surface area contributed by atoms with E-state index in [0.717, 1.165) is 35.4 Å². The van der Waals surface area contributed by atoms with Crippen LogP contribution >= 0.6 is 11.6 Å². The van der Waals surface area contributed by atoms with Crippen LogP contribution in [0.5, 0.6) is 23.0 Å². The van der Waals surface area contributed by atoms with Gasteiger partial charge in [0, 0.05) is 24.1 Å². The molecule has 3 heterocycles. The molecule has 0 amide bonds. The number of ether oxygens (including phenoxy) is 4. The van der Waals surface area contributed by atoms with Gasteiger partial charge >= 0.3 is 0 Å². The number of pyridine rings is 1. The molecule has 0 unspecified atom stereocenters. The summed E-state index contributed by atoms with van der Waals surface area (Å²) in [5.74, 6) is 2.38. The van der Waals surface area contributed by atoms with Crippen LogP contribution < -0.4 is 24.4 Å². The minimum absolute atomic E-state index is 0.0836. The Labute approximate surface area is 208 Å². The van der Waals surface area contributed by atoms with Gasteiger partial charge in [0.15, 0.2) is 23.0 Å². The third-order valence-electron chi connectivity index (χ3n) is 6.21. The summed E-state index contributed by atoms with van der Waals surface area (Å²) >= 11 is 6.59. The lowest BCUT2D eigenvalue weighted by molar-refractivity contribution is 0.230. The summed E-state index contributed by atoms with van der Waals surface area (Å²) in [6.45, 7) is 5.65. The molecular weight excluding hydrogens is 466 g/mol. The number of fused-ring (bicyclic) bond motifs is 4. The molecule has 2 aliphatic rings. The summed E-state index contributed by atoms with van der Waals surface area (Å²) < 4.78 is 25.1. The lowest BCUT2D eigenvalue weighted by Crippen LogP contribution is -2.28. The topological polar surface area (TPSA) is 89.5 Å².